The zero-order valence-electron chi connectivity index (χ0n) is 8.63. The van der Waals surface area contributed by atoms with Crippen LogP contribution in [0.5, 0.6) is 0 Å². The first-order chi connectivity index (χ1) is 7.15. The minimum absolute atomic E-state index is 0.295. The molecule has 4 heteroatoms. The predicted molar refractivity (Wildman–Crippen MR) is 62.3 cm³/mol. The van der Waals surface area contributed by atoms with Gasteiger partial charge in [-0.15, -0.1) is 0 Å². The normalized spacial score (nSPS) is 24.7. The third kappa shape index (κ3) is 2.68. The molecule has 0 radical (unpaired) electrons. The van der Waals surface area contributed by atoms with E-state index in [1.807, 2.05) is 0 Å². The molecule has 2 rings (SSSR count). The highest BCUT2D eigenvalue weighted by Gasteiger charge is 2.25. The van der Waals surface area contributed by atoms with Gasteiger partial charge in [0.15, 0.2) is 11.6 Å². The first kappa shape index (κ1) is 10.9. The lowest BCUT2D eigenvalue weighted by Crippen LogP contribution is -2.28. The number of nitrogens with one attached hydrogen (secondary N) is 1. The van der Waals surface area contributed by atoms with E-state index < -0.39 is 0 Å². The summed E-state index contributed by atoms with van der Waals surface area (Å²) in [4.78, 5) is 3.99. The van der Waals surface area contributed by atoms with Crippen molar-refractivity contribution in [2.24, 2.45) is 11.8 Å². The lowest BCUT2D eigenvalue weighted by atomic mass is 9.76. The van der Waals surface area contributed by atoms with Gasteiger partial charge in [0.2, 0.25) is 0 Å². The van der Waals surface area contributed by atoms with Crippen molar-refractivity contribution in [3.05, 3.63) is 22.6 Å². The standard InChI is InChI=1S/C11H14BrFN2/c1-7-2-8(3-7)5-14-11-10(13)4-9(12)6-15-11/h4,6-8H,2-3,5H2,1H3,(H,14,15). The molecule has 0 amide bonds. The van der Waals surface area contributed by atoms with E-state index in [1.54, 1.807) is 6.20 Å². The van der Waals surface area contributed by atoms with Gasteiger partial charge in [-0.2, -0.15) is 0 Å². The van der Waals surface area contributed by atoms with Crippen LogP contribution in [0.1, 0.15) is 19.8 Å². The van der Waals surface area contributed by atoms with Crippen molar-refractivity contribution in [3.63, 3.8) is 0 Å². The summed E-state index contributed by atoms with van der Waals surface area (Å²) in [6, 6.07) is 1.43. The zero-order chi connectivity index (χ0) is 10.8. The van der Waals surface area contributed by atoms with Crippen LogP contribution in [0.15, 0.2) is 16.7 Å². The minimum atomic E-state index is -0.295. The summed E-state index contributed by atoms with van der Waals surface area (Å²) >= 11 is 3.18. The van der Waals surface area contributed by atoms with E-state index in [0.29, 0.717) is 16.2 Å². The molecule has 1 aliphatic rings. The maximum Gasteiger partial charge on any atom is 0.166 e. The van der Waals surface area contributed by atoms with Gasteiger partial charge in [-0.05, 0) is 46.7 Å². The Hall–Kier alpha value is -0.640. The number of hydrogen-bond acceptors (Lipinski definition) is 2. The average Bonchev–Trinajstić information content (AvgIpc) is 2.13. The topological polar surface area (TPSA) is 24.9 Å². The highest BCUT2D eigenvalue weighted by molar-refractivity contribution is 9.10. The van der Waals surface area contributed by atoms with Crippen molar-refractivity contribution in [2.75, 3.05) is 11.9 Å². The van der Waals surface area contributed by atoms with E-state index in [1.165, 1.54) is 18.9 Å². The number of aromatic nitrogens is 1. The molecule has 1 N–H and O–H groups in total. The van der Waals surface area contributed by atoms with Crippen molar-refractivity contribution < 1.29 is 4.39 Å². The Morgan fingerprint density at radius 2 is 2.33 bits per heavy atom. The van der Waals surface area contributed by atoms with E-state index in [9.17, 15) is 4.39 Å². The molecule has 1 aliphatic carbocycles. The smallest absolute Gasteiger partial charge is 0.166 e. The molecular weight excluding hydrogens is 259 g/mol. The first-order valence-corrected chi connectivity index (χ1v) is 5.99. The summed E-state index contributed by atoms with van der Waals surface area (Å²) in [5.41, 5.74) is 0. The molecular formula is C11H14BrFN2. The second-order valence-corrected chi connectivity index (χ2v) is 5.22. The SMILES string of the molecule is CC1CC(CNc2ncc(Br)cc2F)C1. The summed E-state index contributed by atoms with van der Waals surface area (Å²) in [7, 11) is 0. The fourth-order valence-corrected chi connectivity index (χ4v) is 2.32. The Morgan fingerprint density at radius 1 is 1.60 bits per heavy atom. The van der Waals surface area contributed by atoms with Gasteiger partial charge in [0.25, 0.3) is 0 Å². The monoisotopic (exact) mass is 272 g/mol. The second-order valence-electron chi connectivity index (χ2n) is 4.31. The van der Waals surface area contributed by atoms with Crippen LogP contribution in [0.2, 0.25) is 0 Å². The number of pyridine rings is 1. The van der Waals surface area contributed by atoms with Crippen molar-refractivity contribution in [1.29, 1.82) is 0 Å². The maximum absolute atomic E-state index is 13.3. The molecule has 0 bridgehead atoms. The van der Waals surface area contributed by atoms with Crippen LogP contribution in [-0.2, 0) is 0 Å². The average molecular weight is 273 g/mol. The van der Waals surface area contributed by atoms with Crippen molar-refractivity contribution in [1.82, 2.24) is 4.98 Å². The number of halogens is 2. The van der Waals surface area contributed by atoms with Crippen LogP contribution < -0.4 is 5.32 Å². The van der Waals surface area contributed by atoms with Crippen LogP contribution in [0.3, 0.4) is 0 Å². The van der Waals surface area contributed by atoms with E-state index in [-0.39, 0.29) is 5.82 Å². The molecule has 0 spiro atoms. The highest BCUT2D eigenvalue weighted by atomic mass is 79.9. The van der Waals surface area contributed by atoms with Crippen molar-refractivity contribution >= 4 is 21.7 Å². The zero-order valence-corrected chi connectivity index (χ0v) is 10.2. The molecule has 1 aromatic rings. The van der Waals surface area contributed by atoms with Crippen LogP contribution >= 0.6 is 15.9 Å². The van der Waals surface area contributed by atoms with Gasteiger partial charge >= 0.3 is 0 Å². The van der Waals surface area contributed by atoms with Crippen LogP contribution in [0, 0.1) is 17.7 Å². The third-order valence-corrected chi connectivity index (χ3v) is 3.27. The molecule has 0 atom stereocenters. The molecule has 0 aromatic carbocycles. The van der Waals surface area contributed by atoms with Gasteiger partial charge < -0.3 is 5.32 Å². The Balaban J connectivity index is 1.88. The molecule has 15 heavy (non-hydrogen) atoms. The fraction of sp³-hybridized carbons (Fsp3) is 0.545. The second kappa shape index (κ2) is 4.47. The van der Waals surface area contributed by atoms with E-state index in [0.717, 1.165) is 12.5 Å². The van der Waals surface area contributed by atoms with Gasteiger partial charge in [-0.3, -0.25) is 0 Å². The van der Waals surface area contributed by atoms with E-state index in [4.69, 9.17) is 0 Å². The summed E-state index contributed by atoms with van der Waals surface area (Å²) in [5.74, 6) is 1.58. The molecule has 0 unspecified atom stereocenters. The van der Waals surface area contributed by atoms with Gasteiger partial charge in [-0.25, -0.2) is 9.37 Å². The lowest BCUT2D eigenvalue weighted by molar-refractivity contribution is 0.225. The van der Waals surface area contributed by atoms with Crippen LogP contribution in [0.25, 0.3) is 0 Å². The molecule has 1 saturated carbocycles. The summed E-state index contributed by atoms with van der Waals surface area (Å²) in [6.07, 6.45) is 4.09. The Bertz CT molecular complexity index is 350. The molecule has 1 aromatic heterocycles. The first-order valence-electron chi connectivity index (χ1n) is 5.20. The number of nitrogens with zero attached hydrogens (tertiary/aromatic N) is 1. The molecule has 0 aliphatic heterocycles. The lowest BCUT2D eigenvalue weighted by Gasteiger charge is -2.32. The van der Waals surface area contributed by atoms with Gasteiger partial charge in [0.05, 0.1) is 0 Å². The van der Waals surface area contributed by atoms with Crippen molar-refractivity contribution in [3.8, 4) is 0 Å². The summed E-state index contributed by atoms with van der Waals surface area (Å²) < 4.78 is 14.0. The Kier molecular flexibility index (Phi) is 3.24. The molecule has 2 nitrogen and oxygen atoms in total. The van der Waals surface area contributed by atoms with E-state index in [2.05, 4.69) is 33.2 Å². The van der Waals surface area contributed by atoms with Gasteiger partial charge in [0.1, 0.15) is 0 Å². The third-order valence-electron chi connectivity index (χ3n) is 2.84. The number of rotatable bonds is 3. The minimum Gasteiger partial charge on any atom is -0.367 e. The number of hydrogen-bond donors (Lipinski definition) is 1. The predicted octanol–water partition coefficient (Wildman–Crippen LogP) is 3.44. The quantitative estimate of drug-likeness (QED) is 0.912. The molecule has 1 heterocycles. The highest BCUT2D eigenvalue weighted by Crippen LogP contribution is 2.33. The van der Waals surface area contributed by atoms with Crippen LogP contribution in [-0.4, -0.2) is 11.5 Å². The van der Waals surface area contributed by atoms with Gasteiger partial charge in [-0.1, -0.05) is 6.92 Å². The Morgan fingerprint density at radius 3 is 2.93 bits per heavy atom. The molecule has 1 fully saturated rings. The molecule has 82 valence electrons. The number of anilines is 1. The molecule has 0 saturated heterocycles. The maximum atomic E-state index is 13.3. The Labute approximate surface area is 97.4 Å². The largest absolute Gasteiger partial charge is 0.367 e. The van der Waals surface area contributed by atoms with Crippen LogP contribution in [0.4, 0.5) is 10.2 Å². The van der Waals surface area contributed by atoms with Crippen molar-refractivity contribution in [2.45, 2.75) is 19.8 Å². The summed E-state index contributed by atoms with van der Waals surface area (Å²) in [5, 5.41) is 3.06. The van der Waals surface area contributed by atoms with E-state index >= 15 is 0 Å². The summed E-state index contributed by atoms with van der Waals surface area (Å²) in [6.45, 7) is 3.07. The van der Waals surface area contributed by atoms with Gasteiger partial charge in [0, 0.05) is 17.2 Å². The fourth-order valence-electron chi connectivity index (χ4n) is 2.02.